The van der Waals surface area contributed by atoms with E-state index in [-0.39, 0.29) is 30.3 Å². The number of carbonyl (C=O) groups excluding carboxylic acids is 4. The van der Waals surface area contributed by atoms with Crippen LogP contribution in [0.25, 0.3) is 0 Å². The van der Waals surface area contributed by atoms with Gasteiger partial charge in [-0.2, -0.15) is 5.26 Å². The molecule has 1 unspecified atom stereocenters. The Morgan fingerprint density at radius 3 is 2.50 bits per heavy atom. The van der Waals surface area contributed by atoms with E-state index in [1.807, 2.05) is 39.0 Å². The summed E-state index contributed by atoms with van der Waals surface area (Å²) >= 11 is 0. The molecule has 2 N–H and O–H groups in total. The Hall–Kier alpha value is -4.26. The minimum atomic E-state index is -1.02. The van der Waals surface area contributed by atoms with Crippen molar-refractivity contribution in [3.8, 4) is 6.07 Å². The van der Waals surface area contributed by atoms with E-state index in [1.54, 1.807) is 6.07 Å². The van der Waals surface area contributed by atoms with E-state index in [9.17, 15) is 28.8 Å². The number of hydrogen-bond donors (Lipinski definition) is 2. The molecule has 2 fully saturated rings. The summed E-state index contributed by atoms with van der Waals surface area (Å²) < 4.78 is 13.4. The molecule has 5 rings (SSSR count). The number of likely N-dealkylation sites (tertiary alicyclic amines) is 2. The van der Waals surface area contributed by atoms with Crippen molar-refractivity contribution in [3.63, 3.8) is 0 Å². The lowest BCUT2D eigenvalue weighted by Gasteiger charge is -2.36. The molecule has 3 heterocycles. The molecule has 208 valence electrons. The summed E-state index contributed by atoms with van der Waals surface area (Å²) in [5, 5.41) is 15.7. The average Bonchev–Trinajstić information content (AvgIpc) is 3.63. The molecule has 2 saturated heterocycles. The van der Waals surface area contributed by atoms with E-state index < -0.39 is 46.6 Å². The van der Waals surface area contributed by atoms with Crippen LogP contribution >= 0.6 is 0 Å². The Balaban J connectivity index is 1.38. The van der Waals surface area contributed by atoms with E-state index in [0.717, 1.165) is 5.56 Å². The lowest BCUT2D eigenvalue weighted by atomic mass is 9.80. The van der Waals surface area contributed by atoms with Crippen molar-refractivity contribution in [2.75, 3.05) is 18.4 Å². The van der Waals surface area contributed by atoms with Crippen LogP contribution < -0.4 is 10.6 Å². The maximum absolute atomic E-state index is 14.0. The molecule has 4 amide bonds. The van der Waals surface area contributed by atoms with Crippen LogP contribution in [-0.4, -0.2) is 64.6 Å². The predicted octanol–water partition coefficient (Wildman–Crippen LogP) is 2.98. The number of halogens is 1. The first-order valence-electron chi connectivity index (χ1n) is 13.4. The molecule has 2 aromatic rings. The highest BCUT2D eigenvalue weighted by molar-refractivity contribution is 6.07. The van der Waals surface area contributed by atoms with Crippen LogP contribution in [0.5, 0.6) is 0 Å². The number of fused-ring (bicyclic) bond motifs is 2. The van der Waals surface area contributed by atoms with Crippen LogP contribution in [0.1, 0.15) is 56.0 Å². The van der Waals surface area contributed by atoms with Gasteiger partial charge in [-0.3, -0.25) is 19.2 Å². The van der Waals surface area contributed by atoms with E-state index in [4.69, 9.17) is 0 Å². The SMILES string of the molecule is CC(C)(C)C(NC(=O)c1ccc(F)cc1)C(=O)N1CCC[C@H]1C(=O)N1C[C@]2(C[C@H]1C#N)C(=O)Nc1ccccc12. The first-order valence-corrected chi connectivity index (χ1v) is 13.4. The molecule has 9 nitrogen and oxygen atoms in total. The maximum atomic E-state index is 14.0. The molecule has 4 atom stereocenters. The van der Waals surface area contributed by atoms with Gasteiger partial charge in [0.05, 0.1) is 11.5 Å². The van der Waals surface area contributed by atoms with Crippen molar-refractivity contribution in [2.45, 2.75) is 63.6 Å². The van der Waals surface area contributed by atoms with Crippen molar-refractivity contribution in [1.29, 1.82) is 5.26 Å². The van der Waals surface area contributed by atoms with Gasteiger partial charge in [-0.05, 0) is 54.2 Å². The van der Waals surface area contributed by atoms with Gasteiger partial charge < -0.3 is 20.4 Å². The summed E-state index contributed by atoms with van der Waals surface area (Å²) in [6.45, 7) is 5.84. The van der Waals surface area contributed by atoms with Crippen LogP contribution in [0.2, 0.25) is 0 Å². The van der Waals surface area contributed by atoms with Gasteiger partial charge in [-0.15, -0.1) is 0 Å². The highest BCUT2D eigenvalue weighted by Gasteiger charge is 2.57. The second-order valence-corrected chi connectivity index (χ2v) is 11.9. The highest BCUT2D eigenvalue weighted by atomic mass is 19.1. The van der Waals surface area contributed by atoms with Gasteiger partial charge in [-0.1, -0.05) is 39.0 Å². The summed E-state index contributed by atoms with van der Waals surface area (Å²) in [6.07, 6.45) is 1.18. The van der Waals surface area contributed by atoms with E-state index in [1.165, 1.54) is 34.1 Å². The smallest absolute Gasteiger partial charge is 0.251 e. The fourth-order valence-electron chi connectivity index (χ4n) is 6.09. The van der Waals surface area contributed by atoms with Crippen molar-refractivity contribution in [2.24, 2.45) is 5.41 Å². The Labute approximate surface area is 232 Å². The molecule has 0 aromatic heterocycles. The molecule has 0 saturated carbocycles. The molecule has 0 radical (unpaired) electrons. The zero-order chi connectivity index (χ0) is 28.8. The topological polar surface area (TPSA) is 123 Å². The minimum Gasteiger partial charge on any atom is -0.340 e. The number of nitriles is 1. The van der Waals surface area contributed by atoms with Crippen LogP contribution in [0.4, 0.5) is 10.1 Å². The lowest BCUT2D eigenvalue weighted by Crippen LogP contribution is -2.58. The summed E-state index contributed by atoms with van der Waals surface area (Å²) in [7, 11) is 0. The number of anilines is 1. The molecule has 10 heteroatoms. The van der Waals surface area contributed by atoms with Gasteiger partial charge in [0.2, 0.25) is 17.7 Å². The number of carbonyl (C=O) groups is 4. The van der Waals surface area contributed by atoms with Crippen LogP contribution in [-0.2, 0) is 19.8 Å². The quantitative estimate of drug-likeness (QED) is 0.612. The van der Waals surface area contributed by atoms with Gasteiger partial charge in [0.15, 0.2) is 0 Å². The zero-order valence-electron chi connectivity index (χ0n) is 22.7. The molecule has 40 heavy (non-hydrogen) atoms. The second kappa shape index (κ2) is 10.0. The summed E-state index contributed by atoms with van der Waals surface area (Å²) in [5.41, 5.74) is -0.0438. The first kappa shape index (κ1) is 27.3. The number of amides is 4. The third kappa shape index (κ3) is 4.59. The molecular formula is C30H32FN5O4. The van der Waals surface area contributed by atoms with Gasteiger partial charge >= 0.3 is 0 Å². The first-order chi connectivity index (χ1) is 19.0. The number of hydrogen-bond acceptors (Lipinski definition) is 5. The maximum Gasteiger partial charge on any atom is 0.251 e. The number of para-hydroxylation sites is 1. The summed E-state index contributed by atoms with van der Waals surface area (Å²) in [5.74, 6) is -2.00. The standard InChI is InChI=1S/C30H32FN5O4/c1-29(2,3)24(34-25(37)18-10-12-19(31)13-11-18)27(39)35-14-6-9-23(35)26(38)36-17-30(15-20(36)16-32)21-7-4-5-8-22(21)33-28(30)40/h4-5,7-8,10-13,20,23-24H,6,9,14-15,17H2,1-3H3,(H,33,40)(H,34,37)/t20-,23-,24?,30-/m0/s1. The van der Waals surface area contributed by atoms with Crippen LogP contribution in [0, 0.1) is 22.6 Å². The van der Waals surface area contributed by atoms with Crippen molar-refractivity contribution >= 4 is 29.3 Å². The Morgan fingerprint density at radius 1 is 1.12 bits per heavy atom. The van der Waals surface area contributed by atoms with Gasteiger partial charge in [0, 0.05) is 30.8 Å². The molecule has 3 aliphatic heterocycles. The molecule has 0 bridgehead atoms. The van der Waals surface area contributed by atoms with E-state index in [2.05, 4.69) is 16.7 Å². The fourth-order valence-corrected chi connectivity index (χ4v) is 6.09. The fraction of sp³-hybridized carbons (Fsp3) is 0.433. The number of rotatable bonds is 4. The van der Waals surface area contributed by atoms with Crippen molar-refractivity contribution in [3.05, 3.63) is 65.5 Å². The monoisotopic (exact) mass is 545 g/mol. The van der Waals surface area contributed by atoms with Crippen LogP contribution in [0.3, 0.4) is 0 Å². The second-order valence-electron chi connectivity index (χ2n) is 11.9. The lowest BCUT2D eigenvalue weighted by molar-refractivity contribution is -0.146. The molecule has 1 spiro atoms. The molecule has 3 aliphatic rings. The van der Waals surface area contributed by atoms with E-state index in [0.29, 0.717) is 25.1 Å². The Kier molecular flexibility index (Phi) is 6.86. The largest absolute Gasteiger partial charge is 0.340 e. The minimum absolute atomic E-state index is 0.0510. The molecule has 2 aromatic carbocycles. The van der Waals surface area contributed by atoms with Crippen molar-refractivity contribution in [1.82, 2.24) is 15.1 Å². The van der Waals surface area contributed by atoms with Crippen molar-refractivity contribution < 1.29 is 23.6 Å². The van der Waals surface area contributed by atoms with E-state index >= 15 is 0 Å². The normalized spacial score (nSPS) is 24.4. The third-order valence-electron chi connectivity index (χ3n) is 8.23. The number of benzene rings is 2. The Bertz CT molecular complexity index is 1410. The van der Waals surface area contributed by atoms with Gasteiger partial charge in [0.1, 0.15) is 23.9 Å². The summed E-state index contributed by atoms with van der Waals surface area (Å²) in [4.78, 5) is 56.9. The predicted molar refractivity (Wildman–Crippen MR) is 144 cm³/mol. The third-order valence-corrected chi connectivity index (χ3v) is 8.23. The molecule has 0 aliphatic carbocycles. The molecular weight excluding hydrogens is 513 g/mol. The highest BCUT2D eigenvalue weighted by Crippen LogP contribution is 2.46. The number of nitrogens with one attached hydrogen (secondary N) is 2. The van der Waals surface area contributed by atoms with Gasteiger partial charge in [-0.25, -0.2) is 4.39 Å². The average molecular weight is 546 g/mol. The van der Waals surface area contributed by atoms with Crippen LogP contribution in [0.15, 0.2) is 48.5 Å². The zero-order valence-corrected chi connectivity index (χ0v) is 22.7. The number of nitrogens with zero attached hydrogens (tertiary/aromatic N) is 3. The van der Waals surface area contributed by atoms with Gasteiger partial charge in [0.25, 0.3) is 5.91 Å². The Morgan fingerprint density at radius 2 is 1.82 bits per heavy atom. The summed E-state index contributed by atoms with van der Waals surface area (Å²) in [6, 6.07) is 12.0.